The van der Waals surface area contributed by atoms with Crippen LogP contribution < -0.4 is 0 Å². The van der Waals surface area contributed by atoms with Crippen molar-refractivity contribution in [1.29, 1.82) is 0 Å². The largest absolute Gasteiger partial charge is 0.416 e. The summed E-state index contributed by atoms with van der Waals surface area (Å²) in [4.78, 5) is 0. The summed E-state index contributed by atoms with van der Waals surface area (Å²) in [7, 11) is 0. The van der Waals surface area contributed by atoms with Crippen molar-refractivity contribution in [1.82, 2.24) is 9.78 Å². The van der Waals surface area contributed by atoms with E-state index in [1.807, 2.05) is 13.0 Å². The van der Waals surface area contributed by atoms with E-state index >= 15 is 0 Å². The van der Waals surface area contributed by atoms with E-state index < -0.39 is 11.7 Å². The Labute approximate surface area is 147 Å². The van der Waals surface area contributed by atoms with Gasteiger partial charge in [0.1, 0.15) is 0 Å². The first-order valence-corrected chi connectivity index (χ1v) is 8.10. The van der Waals surface area contributed by atoms with E-state index in [2.05, 4.69) is 5.10 Å². The molecule has 132 valence electrons. The standard InChI is InChI=1S/C18H16ClF3N2O/c1-11-8-14(19)4-2-12(11)10-24-17-9-13(18(20,21)22)3-5-15(17)16(23-24)6-7-25/h2-5,8-9,25H,6-7,10H2,1H3. The maximum Gasteiger partial charge on any atom is 0.416 e. The summed E-state index contributed by atoms with van der Waals surface area (Å²) in [5.74, 6) is 0. The molecule has 1 N–H and O–H groups in total. The Hall–Kier alpha value is -2.05. The molecule has 0 atom stereocenters. The Morgan fingerprint density at radius 2 is 1.92 bits per heavy atom. The molecule has 0 amide bonds. The Balaban J connectivity index is 2.12. The van der Waals surface area contributed by atoms with Crippen molar-refractivity contribution in [2.24, 2.45) is 0 Å². The van der Waals surface area contributed by atoms with Crippen molar-refractivity contribution in [3.05, 3.63) is 63.8 Å². The second-order valence-corrected chi connectivity index (χ2v) is 6.31. The van der Waals surface area contributed by atoms with Gasteiger partial charge in [0, 0.05) is 23.4 Å². The summed E-state index contributed by atoms with van der Waals surface area (Å²) < 4.78 is 40.7. The van der Waals surface area contributed by atoms with Gasteiger partial charge in [-0.05, 0) is 42.3 Å². The van der Waals surface area contributed by atoms with Crippen LogP contribution in [0.25, 0.3) is 10.9 Å². The van der Waals surface area contributed by atoms with Crippen molar-refractivity contribution in [2.45, 2.75) is 26.1 Å². The molecule has 0 spiro atoms. The number of benzene rings is 2. The van der Waals surface area contributed by atoms with E-state index in [4.69, 9.17) is 11.6 Å². The predicted octanol–water partition coefficient (Wildman–Crippen LogP) is 4.60. The third-order valence-electron chi connectivity index (χ3n) is 4.13. The minimum Gasteiger partial charge on any atom is -0.396 e. The second-order valence-electron chi connectivity index (χ2n) is 5.88. The first-order chi connectivity index (χ1) is 11.8. The molecule has 1 aromatic heterocycles. The lowest BCUT2D eigenvalue weighted by molar-refractivity contribution is -0.137. The second kappa shape index (κ2) is 6.69. The molecule has 0 aliphatic heterocycles. The number of hydrogen-bond donors (Lipinski definition) is 1. The van der Waals surface area contributed by atoms with E-state index in [1.165, 1.54) is 6.07 Å². The molecule has 1 heterocycles. The minimum atomic E-state index is -4.42. The van der Waals surface area contributed by atoms with Gasteiger partial charge in [0.25, 0.3) is 0 Å². The molecule has 0 fully saturated rings. The van der Waals surface area contributed by atoms with Crippen LogP contribution in [0.2, 0.25) is 5.02 Å². The topological polar surface area (TPSA) is 38.0 Å². The molecule has 3 rings (SSSR count). The van der Waals surface area contributed by atoms with Crippen LogP contribution in [0.15, 0.2) is 36.4 Å². The van der Waals surface area contributed by atoms with Gasteiger partial charge in [-0.3, -0.25) is 4.68 Å². The molecule has 0 saturated heterocycles. The lowest BCUT2D eigenvalue weighted by Gasteiger charge is -2.10. The lowest BCUT2D eigenvalue weighted by atomic mass is 10.1. The SMILES string of the molecule is Cc1cc(Cl)ccc1Cn1nc(CCO)c2ccc(C(F)(F)F)cc21. The van der Waals surface area contributed by atoms with Crippen molar-refractivity contribution in [2.75, 3.05) is 6.61 Å². The normalized spacial score (nSPS) is 12.1. The Morgan fingerprint density at radius 1 is 1.16 bits per heavy atom. The molecule has 7 heteroatoms. The van der Waals surface area contributed by atoms with Crippen LogP contribution in [0.1, 0.15) is 22.4 Å². The van der Waals surface area contributed by atoms with Gasteiger partial charge in [-0.25, -0.2) is 0 Å². The van der Waals surface area contributed by atoms with E-state index in [1.54, 1.807) is 16.8 Å². The molecule has 0 aliphatic rings. The zero-order valence-corrected chi connectivity index (χ0v) is 14.2. The third-order valence-corrected chi connectivity index (χ3v) is 4.36. The van der Waals surface area contributed by atoms with E-state index in [-0.39, 0.29) is 13.0 Å². The summed E-state index contributed by atoms with van der Waals surface area (Å²) in [5.41, 5.74) is 2.11. The molecule has 0 unspecified atom stereocenters. The average molecular weight is 369 g/mol. The number of aromatic nitrogens is 2. The van der Waals surface area contributed by atoms with E-state index in [0.29, 0.717) is 28.2 Å². The lowest BCUT2D eigenvalue weighted by Crippen LogP contribution is -2.07. The number of aryl methyl sites for hydroxylation is 1. The van der Waals surface area contributed by atoms with E-state index in [9.17, 15) is 18.3 Å². The molecule has 0 aliphatic carbocycles. The maximum atomic E-state index is 13.1. The third kappa shape index (κ3) is 3.65. The van der Waals surface area contributed by atoms with Gasteiger partial charge in [0.2, 0.25) is 0 Å². The van der Waals surface area contributed by atoms with Crippen LogP contribution in [0.3, 0.4) is 0 Å². The highest BCUT2D eigenvalue weighted by Gasteiger charge is 2.31. The fourth-order valence-electron chi connectivity index (χ4n) is 2.83. The minimum absolute atomic E-state index is 0.118. The highest BCUT2D eigenvalue weighted by molar-refractivity contribution is 6.30. The van der Waals surface area contributed by atoms with Crippen LogP contribution >= 0.6 is 11.6 Å². The van der Waals surface area contributed by atoms with Crippen LogP contribution in [0.5, 0.6) is 0 Å². The van der Waals surface area contributed by atoms with Crippen LogP contribution in [-0.4, -0.2) is 21.5 Å². The van der Waals surface area contributed by atoms with Gasteiger partial charge in [0.05, 0.1) is 23.3 Å². The maximum absolute atomic E-state index is 13.1. The van der Waals surface area contributed by atoms with Crippen LogP contribution in [0, 0.1) is 6.92 Å². The Kier molecular flexibility index (Phi) is 4.75. The summed E-state index contributed by atoms with van der Waals surface area (Å²) in [6.45, 7) is 2.10. The first kappa shape index (κ1) is 17.8. The number of halogens is 4. The number of aliphatic hydroxyl groups is 1. The van der Waals surface area contributed by atoms with Crippen molar-refractivity contribution in [3.8, 4) is 0 Å². The summed E-state index contributed by atoms with van der Waals surface area (Å²) >= 11 is 5.96. The molecule has 25 heavy (non-hydrogen) atoms. The molecule has 3 aromatic rings. The zero-order valence-electron chi connectivity index (χ0n) is 13.4. The molecule has 0 bridgehead atoms. The average Bonchev–Trinajstić information content (AvgIpc) is 2.87. The van der Waals surface area contributed by atoms with Gasteiger partial charge in [-0.2, -0.15) is 18.3 Å². The molecule has 0 saturated carbocycles. The summed E-state index contributed by atoms with van der Waals surface area (Å²) in [6.07, 6.45) is -4.13. The van der Waals surface area contributed by atoms with Crippen LogP contribution in [-0.2, 0) is 19.1 Å². The zero-order chi connectivity index (χ0) is 18.2. The quantitative estimate of drug-likeness (QED) is 0.730. The van der Waals surface area contributed by atoms with Crippen molar-refractivity contribution in [3.63, 3.8) is 0 Å². The number of nitrogens with zero attached hydrogens (tertiary/aromatic N) is 2. The van der Waals surface area contributed by atoms with Crippen molar-refractivity contribution >= 4 is 22.5 Å². The fraction of sp³-hybridized carbons (Fsp3) is 0.278. The number of aliphatic hydroxyl groups excluding tert-OH is 1. The Bertz CT molecular complexity index is 919. The number of alkyl halides is 3. The van der Waals surface area contributed by atoms with E-state index in [0.717, 1.165) is 23.3 Å². The van der Waals surface area contributed by atoms with Crippen molar-refractivity contribution < 1.29 is 18.3 Å². The molecule has 3 nitrogen and oxygen atoms in total. The van der Waals surface area contributed by atoms with Gasteiger partial charge < -0.3 is 5.11 Å². The first-order valence-electron chi connectivity index (χ1n) is 7.72. The molecule has 2 aromatic carbocycles. The Morgan fingerprint density at radius 3 is 2.56 bits per heavy atom. The van der Waals surface area contributed by atoms with Gasteiger partial charge >= 0.3 is 6.18 Å². The predicted molar refractivity (Wildman–Crippen MR) is 90.8 cm³/mol. The monoisotopic (exact) mass is 368 g/mol. The summed E-state index contributed by atoms with van der Waals surface area (Å²) in [6, 6.07) is 8.95. The summed E-state index contributed by atoms with van der Waals surface area (Å²) in [5, 5.41) is 14.8. The van der Waals surface area contributed by atoms with Gasteiger partial charge in [-0.15, -0.1) is 0 Å². The highest BCUT2D eigenvalue weighted by Crippen LogP contribution is 2.32. The number of rotatable bonds is 4. The number of hydrogen-bond acceptors (Lipinski definition) is 2. The van der Waals surface area contributed by atoms with Gasteiger partial charge in [-0.1, -0.05) is 23.7 Å². The highest BCUT2D eigenvalue weighted by atomic mass is 35.5. The number of fused-ring (bicyclic) bond motifs is 1. The molecular formula is C18H16ClF3N2O. The molecular weight excluding hydrogens is 353 g/mol. The van der Waals surface area contributed by atoms with Gasteiger partial charge in [0.15, 0.2) is 0 Å². The fourth-order valence-corrected chi connectivity index (χ4v) is 3.05. The van der Waals surface area contributed by atoms with Crippen LogP contribution in [0.4, 0.5) is 13.2 Å². The smallest absolute Gasteiger partial charge is 0.396 e. The molecule has 0 radical (unpaired) electrons.